The van der Waals surface area contributed by atoms with Crippen LogP contribution in [0.3, 0.4) is 0 Å². The Hall–Kier alpha value is 0.880. The molecule has 0 rings (SSSR count). The summed E-state index contributed by atoms with van der Waals surface area (Å²) in [5, 5.41) is 0. The molecule has 0 aromatic carbocycles. The average Bonchev–Trinajstić information content (AvgIpc) is 2.84. The summed E-state index contributed by atoms with van der Waals surface area (Å²) >= 11 is 0. The maximum atomic E-state index is 2.41. The van der Waals surface area contributed by atoms with E-state index in [1.54, 1.807) is 0 Å². The molecule has 0 heterocycles. The molecule has 0 aliphatic rings. The van der Waals surface area contributed by atoms with Crippen molar-refractivity contribution in [2.24, 2.45) is 0 Å². The van der Waals surface area contributed by atoms with Gasteiger partial charge in [0.2, 0.25) is 0 Å². The normalized spacial score (nSPS) is 11.8. The average molecular weight is 629 g/mol. The maximum absolute atomic E-state index is 2.41. The van der Waals surface area contributed by atoms with Crippen molar-refractivity contribution in [3.05, 3.63) is 0 Å². The molecule has 0 aliphatic heterocycles. The van der Waals surface area contributed by atoms with Crippen molar-refractivity contribution in [1.29, 1.82) is 0 Å². The number of hydrogen-bond acceptors (Lipinski definition) is 0. The minimum Gasteiger partial charge on any atom is -1.00 e. The summed E-state index contributed by atoms with van der Waals surface area (Å²) in [5.74, 6) is 0. The van der Waals surface area contributed by atoms with Gasteiger partial charge in [0.1, 0.15) is 0 Å². The minimum atomic E-state index is 0. The van der Waals surface area contributed by atoms with Gasteiger partial charge in [0.15, 0.2) is 0 Å². The molecular weight excluding hydrogens is 560 g/mol. The first-order chi connectivity index (χ1) is 15.9. The topological polar surface area (TPSA) is 0 Å². The molecular formula is C31H68Br2N2. The molecule has 0 spiro atoms. The standard InChI is InChI=1S/C31H68N2.2BrH/c1-7-32(5,8-2)30-28-26-24-22-20-18-16-14-12-11-13-15-17-19-21-23-25-27-29-31-33(6,9-3)10-4;;/h7-31H2,1-6H3;2*1H/q+2;;/p-2. The van der Waals surface area contributed by atoms with Gasteiger partial charge in [-0.15, -0.1) is 0 Å². The fourth-order valence-electron chi connectivity index (χ4n) is 5.07. The van der Waals surface area contributed by atoms with Gasteiger partial charge in [-0.2, -0.15) is 0 Å². The molecule has 0 fully saturated rings. The van der Waals surface area contributed by atoms with Gasteiger partial charge in [-0.25, -0.2) is 0 Å². The fraction of sp³-hybridized carbons (Fsp3) is 1.00. The predicted octanol–water partition coefficient (Wildman–Crippen LogP) is 3.38. The van der Waals surface area contributed by atoms with Gasteiger partial charge < -0.3 is 42.9 Å². The van der Waals surface area contributed by atoms with E-state index in [1.165, 1.54) is 170 Å². The second kappa shape index (κ2) is 27.9. The van der Waals surface area contributed by atoms with Crippen molar-refractivity contribution < 1.29 is 42.9 Å². The largest absolute Gasteiger partial charge is 1.00 e. The molecule has 0 aliphatic carbocycles. The zero-order valence-corrected chi connectivity index (χ0v) is 28.5. The molecule has 0 saturated heterocycles. The Balaban J connectivity index is -0.00000512. The smallest absolute Gasteiger partial charge is 0.0784 e. The molecule has 0 unspecified atom stereocenters. The quantitative estimate of drug-likeness (QED) is 0.102. The summed E-state index contributed by atoms with van der Waals surface area (Å²) < 4.78 is 2.52. The Bertz CT molecular complexity index is 359. The molecule has 0 aromatic heterocycles. The first-order valence-corrected chi connectivity index (χ1v) is 15.6. The number of halogens is 2. The van der Waals surface area contributed by atoms with E-state index in [-0.39, 0.29) is 34.0 Å². The summed E-state index contributed by atoms with van der Waals surface area (Å²) in [4.78, 5) is 0. The van der Waals surface area contributed by atoms with Gasteiger partial charge in [-0.3, -0.25) is 0 Å². The lowest BCUT2D eigenvalue weighted by molar-refractivity contribution is -0.906. The molecule has 0 aromatic rings. The first kappa shape index (κ1) is 40.4. The predicted molar refractivity (Wildman–Crippen MR) is 152 cm³/mol. The van der Waals surface area contributed by atoms with E-state index in [2.05, 4.69) is 41.8 Å². The summed E-state index contributed by atoms with van der Waals surface area (Å²) in [6, 6.07) is 0. The van der Waals surface area contributed by atoms with Crippen LogP contribution in [0.15, 0.2) is 0 Å². The van der Waals surface area contributed by atoms with E-state index < -0.39 is 0 Å². The van der Waals surface area contributed by atoms with E-state index in [1.807, 2.05) is 0 Å². The van der Waals surface area contributed by atoms with Crippen LogP contribution in [-0.2, 0) is 0 Å². The molecule has 0 bridgehead atoms. The van der Waals surface area contributed by atoms with Crippen molar-refractivity contribution >= 4 is 0 Å². The Morgan fingerprint density at radius 3 is 0.571 bits per heavy atom. The third-order valence-electron chi connectivity index (χ3n) is 8.95. The van der Waals surface area contributed by atoms with Gasteiger partial charge in [0.25, 0.3) is 0 Å². The number of rotatable bonds is 26. The van der Waals surface area contributed by atoms with Crippen molar-refractivity contribution in [3.63, 3.8) is 0 Å². The monoisotopic (exact) mass is 626 g/mol. The molecule has 0 saturated carbocycles. The lowest BCUT2D eigenvalue weighted by Gasteiger charge is -2.32. The number of unbranched alkanes of at least 4 members (excludes halogenated alkanes) is 18. The van der Waals surface area contributed by atoms with Crippen molar-refractivity contribution in [2.75, 3.05) is 53.4 Å². The molecule has 4 heteroatoms. The summed E-state index contributed by atoms with van der Waals surface area (Å²) in [6.45, 7) is 17.2. The van der Waals surface area contributed by atoms with Crippen LogP contribution < -0.4 is 34.0 Å². The number of hydrogen-bond donors (Lipinski definition) is 0. The Morgan fingerprint density at radius 1 is 0.286 bits per heavy atom. The molecule has 35 heavy (non-hydrogen) atoms. The highest BCUT2D eigenvalue weighted by Crippen LogP contribution is 2.15. The molecule has 2 nitrogen and oxygen atoms in total. The van der Waals surface area contributed by atoms with E-state index in [9.17, 15) is 0 Å². The van der Waals surface area contributed by atoms with Crippen molar-refractivity contribution in [1.82, 2.24) is 0 Å². The molecule has 0 N–H and O–H groups in total. The van der Waals surface area contributed by atoms with Crippen LogP contribution in [0.25, 0.3) is 0 Å². The van der Waals surface area contributed by atoms with Crippen molar-refractivity contribution in [2.45, 2.75) is 150 Å². The third-order valence-corrected chi connectivity index (χ3v) is 8.95. The highest BCUT2D eigenvalue weighted by molar-refractivity contribution is 4.51. The Kier molecular flexibility index (Phi) is 32.2. The van der Waals surface area contributed by atoms with Gasteiger partial charge in [-0.05, 0) is 53.4 Å². The van der Waals surface area contributed by atoms with E-state index in [0.29, 0.717) is 0 Å². The fourth-order valence-corrected chi connectivity index (χ4v) is 5.07. The van der Waals surface area contributed by atoms with Crippen molar-refractivity contribution in [3.8, 4) is 0 Å². The van der Waals surface area contributed by atoms with Crippen LogP contribution >= 0.6 is 0 Å². The maximum Gasteiger partial charge on any atom is 0.0784 e. The summed E-state index contributed by atoms with van der Waals surface area (Å²) in [6.07, 6.45) is 27.9. The van der Waals surface area contributed by atoms with Crippen LogP contribution in [0.4, 0.5) is 0 Å². The number of nitrogens with zero attached hydrogens (tertiary/aromatic N) is 2. The lowest BCUT2D eigenvalue weighted by Crippen LogP contribution is -3.00. The van der Waals surface area contributed by atoms with E-state index >= 15 is 0 Å². The minimum absolute atomic E-state index is 0. The molecule has 0 radical (unpaired) electrons. The van der Waals surface area contributed by atoms with Gasteiger partial charge >= 0.3 is 0 Å². The van der Waals surface area contributed by atoms with Gasteiger partial charge in [0.05, 0.1) is 53.4 Å². The van der Waals surface area contributed by atoms with Crippen LogP contribution in [0.5, 0.6) is 0 Å². The zero-order valence-electron chi connectivity index (χ0n) is 25.3. The SMILES string of the molecule is CC[N+](C)(CC)CCCCCCCCCCCCCCCCCCCCC[N+](C)(CC)CC.[Br-].[Br-]. The van der Waals surface area contributed by atoms with E-state index in [0.717, 1.165) is 0 Å². The zero-order chi connectivity index (χ0) is 24.7. The number of quaternary nitrogens is 2. The molecule has 0 amide bonds. The lowest BCUT2D eigenvalue weighted by atomic mass is 10.0. The van der Waals surface area contributed by atoms with Crippen LogP contribution in [0.1, 0.15) is 150 Å². The third kappa shape index (κ3) is 24.9. The highest BCUT2D eigenvalue weighted by atomic mass is 79.9. The summed E-state index contributed by atoms with van der Waals surface area (Å²) in [5.41, 5.74) is 0. The first-order valence-electron chi connectivity index (χ1n) is 15.6. The van der Waals surface area contributed by atoms with Gasteiger partial charge in [-0.1, -0.05) is 96.3 Å². The van der Waals surface area contributed by atoms with Crippen LogP contribution in [0, 0.1) is 0 Å². The second-order valence-corrected chi connectivity index (χ2v) is 11.7. The van der Waals surface area contributed by atoms with Crippen LogP contribution in [0.2, 0.25) is 0 Å². The van der Waals surface area contributed by atoms with E-state index in [4.69, 9.17) is 0 Å². The second-order valence-electron chi connectivity index (χ2n) is 11.7. The highest BCUT2D eigenvalue weighted by Gasteiger charge is 2.15. The van der Waals surface area contributed by atoms with Gasteiger partial charge in [0, 0.05) is 0 Å². The molecule has 0 atom stereocenters. The Morgan fingerprint density at radius 2 is 0.429 bits per heavy atom. The Labute approximate surface area is 245 Å². The van der Waals surface area contributed by atoms with Crippen LogP contribution in [-0.4, -0.2) is 62.3 Å². The summed E-state index contributed by atoms with van der Waals surface area (Å²) in [7, 11) is 4.83. The molecule has 216 valence electrons.